The Bertz CT molecular complexity index is 607. The average molecular weight is 344 g/mol. The Morgan fingerprint density at radius 1 is 1.18 bits per heavy atom. The second-order valence-electron chi connectivity index (χ2n) is 5.68. The first-order chi connectivity index (χ1) is 10.4. The molecule has 1 aliphatic carbocycles. The number of hydrogen-bond acceptors (Lipinski definition) is 3. The second kappa shape index (κ2) is 7.47. The molecule has 1 saturated carbocycles. The van der Waals surface area contributed by atoms with E-state index in [1.807, 2.05) is 6.92 Å². The Morgan fingerprint density at radius 3 is 2.32 bits per heavy atom. The molecule has 1 amide bonds. The fraction of sp³-hybridized carbons (Fsp3) is 0.562. The van der Waals surface area contributed by atoms with Crippen molar-refractivity contribution in [1.29, 1.82) is 0 Å². The molecule has 1 fully saturated rings. The highest BCUT2D eigenvalue weighted by Gasteiger charge is 2.28. The van der Waals surface area contributed by atoms with E-state index in [0.29, 0.717) is 11.6 Å². The van der Waals surface area contributed by atoms with Crippen LogP contribution in [0.2, 0.25) is 5.02 Å². The van der Waals surface area contributed by atoms with Crippen LogP contribution in [0.1, 0.15) is 39.0 Å². The molecule has 6 heteroatoms. The maximum absolute atomic E-state index is 12.5. The Labute approximate surface area is 137 Å². The predicted octanol–water partition coefficient (Wildman–Crippen LogP) is 3.29. The lowest BCUT2D eigenvalue weighted by Gasteiger charge is -2.33. The Morgan fingerprint density at radius 2 is 1.77 bits per heavy atom. The number of hydrogen-bond donors (Lipinski definition) is 0. The van der Waals surface area contributed by atoms with Crippen molar-refractivity contribution in [3.8, 4) is 0 Å². The van der Waals surface area contributed by atoms with E-state index in [0.717, 1.165) is 25.7 Å². The van der Waals surface area contributed by atoms with Crippen molar-refractivity contribution in [2.45, 2.75) is 50.0 Å². The molecule has 1 aromatic carbocycles. The first-order valence-corrected chi connectivity index (χ1v) is 9.75. The first kappa shape index (κ1) is 17.3. The lowest BCUT2D eigenvalue weighted by Crippen LogP contribution is -2.44. The summed E-state index contributed by atoms with van der Waals surface area (Å²) in [5.41, 5.74) is 0. The maximum Gasteiger partial charge on any atom is 0.238 e. The van der Waals surface area contributed by atoms with E-state index in [4.69, 9.17) is 11.6 Å². The standard InChI is InChI=1S/C16H22ClNO3S/c1-2-18(14-6-4-3-5-7-14)16(19)12-22(20,21)15-10-8-13(17)9-11-15/h8-11,14H,2-7,12H2,1H3. The van der Waals surface area contributed by atoms with Gasteiger partial charge in [0.1, 0.15) is 5.75 Å². The van der Waals surface area contributed by atoms with Crippen LogP contribution >= 0.6 is 11.6 Å². The summed E-state index contributed by atoms with van der Waals surface area (Å²) in [4.78, 5) is 14.3. The number of nitrogens with zero attached hydrogens (tertiary/aromatic N) is 1. The van der Waals surface area contributed by atoms with Crippen LogP contribution in [0.25, 0.3) is 0 Å². The van der Waals surface area contributed by atoms with Crippen LogP contribution in [0, 0.1) is 0 Å². The number of sulfone groups is 1. The SMILES string of the molecule is CCN(C(=O)CS(=O)(=O)c1ccc(Cl)cc1)C1CCCCC1. The Balaban J connectivity index is 2.09. The van der Waals surface area contributed by atoms with E-state index in [1.165, 1.54) is 30.7 Å². The molecule has 0 heterocycles. The molecule has 0 atom stereocenters. The number of rotatable bonds is 5. The zero-order valence-corrected chi connectivity index (χ0v) is 14.4. The third-order valence-corrected chi connectivity index (χ3v) is 6.03. The van der Waals surface area contributed by atoms with Gasteiger partial charge in [0.2, 0.25) is 5.91 Å². The molecule has 122 valence electrons. The van der Waals surface area contributed by atoms with E-state index in [9.17, 15) is 13.2 Å². The molecule has 0 aromatic heterocycles. The summed E-state index contributed by atoms with van der Waals surface area (Å²) in [7, 11) is -3.62. The number of carbonyl (C=O) groups is 1. The molecular formula is C16H22ClNO3S. The van der Waals surface area contributed by atoms with Gasteiger partial charge in [-0.2, -0.15) is 0 Å². The van der Waals surface area contributed by atoms with E-state index < -0.39 is 15.6 Å². The maximum atomic E-state index is 12.5. The summed E-state index contributed by atoms with van der Waals surface area (Å²) in [5, 5.41) is 0.475. The number of amides is 1. The summed E-state index contributed by atoms with van der Waals surface area (Å²) in [5.74, 6) is -0.775. The van der Waals surface area contributed by atoms with Gasteiger partial charge in [0, 0.05) is 17.6 Å². The zero-order valence-electron chi connectivity index (χ0n) is 12.8. The number of benzene rings is 1. The van der Waals surface area contributed by atoms with Crippen LogP contribution < -0.4 is 0 Å². The molecule has 22 heavy (non-hydrogen) atoms. The molecule has 0 bridgehead atoms. The highest BCUT2D eigenvalue weighted by Crippen LogP contribution is 2.23. The van der Waals surface area contributed by atoms with Gasteiger partial charge in [-0.05, 0) is 44.0 Å². The molecule has 4 nitrogen and oxygen atoms in total. The van der Waals surface area contributed by atoms with Crippen molar-refractivity contribution >= 4 is 27.3 Å². The smallest absolute Gasteiger partial charge is 0.238 e. The number of halogens is 1. The van der Waals surface area contributed by atoms with Gasteiger partial charge >= 0.3 is 0 Å². The topological polar surface area (TPSA) is 54.5 Å². The van der Waals surface area contributed by atoms with E-state index in [2.05, 4.69) is 0 Å². The minimum Gasteiger partial charge on any atom is -0.339 e. The van der Waals surface area contributed by atoms with Crippen LogP contribution in [0.15, 0.2) is 29.2 Å². The minimum absolute atomic E-state index is 0.143. The molecule has 0 aliphatic heterocycles. The molecule has 0 N–H and O–H groups in total. The zero-order chi connectivity index (χ0) is 16.2. The van der Waals surface area contributed by atoms with Crippen LogP contribution in [0.4, 0.5) is 0 Å². The Hall–Kier alpha value is -1.07. The molecule has 0 saturated heterocycles. The second-order valence-corrected chi connectivity index (χ2v) is 8.11. The van der Waals surface area contributed by atoms with Crippen LogP contribution in [0.5, 0.6) is 0 Å². The van der Waals surface area contributed by atoms with Gasteiger partial charge in [0.25, 0.3) is 0 Å². The third kappa shape index (κ3) is 4.23. The monoisotopic (exact) mass is 343 g/mol. The quantitative estimate of drug-likeness (QED) is 0.824. The molecule has 1 aliphatic rings. The average Bonchev–Trinajstić information content (AvgIpc) is 2.49. The fourth-order valence-corrected chi connectivity index (χ4v) is 4.34. The largest absolute Gasteiger partial charge is 0.339 e. The van der Waals surface area contributed by atoms with Crippen molar-refractivity contribution in [3.05, 3.63) is 29.3 Å². The van der Waals surface area contributed by atoms with Gasteiger partial charge in [0.15, 0.2) is 9.84 Å². The van der Waals surface area contributed by atoms with Crippen molar-refractivity contribution in [3.63, 3.8) is 0 Å². The lowest BCUT2D eigenvalue weighted by molar-refractivity contribution is -0.131. The van der Waals surface area contributed by atoms with Crippen LogP contribution in [0.3, 0.4) is 0 Å². The fourth-order valence-electron chi connectivity index (χ4n) is 3.00. The lowest BCUT2D eigenvalue weighted by atomic mass is 9.94. The highest BCUT2D eigenvalue weighted by molar-refractivity contribution is 7.92. The molecule has 0 radical (unpaired) electrons. The van der Waals surface area contributed by atoms with Crippen molar-refractivity contribution in [1.82, 2.24) is 4.90 Å². The summed E-state index contributed by atoms with van der Waals surface area (Å²) >= 11 is 5.77. The normalized spacial score (nSPS) is 16.5. The highest BCUT2D eigenvalue weighted by atomic mass is 35.5. The van der Waals surface area contributed by atoms with Crippen LogP contribution in [-0.4, -0.2) is 37.6 Å². The first-order valence-electron chi connectivity index (χ1n) is 7.72. The summed E-state index contributed by atoms with van der Waals surface area (Å²) in [6.45, 7) is 2.46. The predicted molar refractivity (Wildman–Crippen MR) is 87.8 cm³/mol. The minimum atomic E-state index is -3.62. The molecule has 2 rings (SSSR count). The molecular weight excluding hydrogens is 322 g/mol. The molecule has 0 spiro atoms. The van der Waals surface area contributed by atoms with Gasteiger partial charge in [-0.3, -0.25) is 4.79 Å². The summed E-state index contributed by atoms with van der Waals surface area (Å²) < 4.78 is 24.7. The van der Waals surface area contributed by atoms with Crippen molar-refractivity contribution in [2.75, 3.05) is 12.3 Å². The Kier molecular flexibility index (Phi) is 5.87. The van der Waals surface area contributed by atoms with Gasteiger partial charge in [-0.15, -0.1) is 0 Å². The van der Waals surface area contributed by atoms with E-state index in [-0.39, 0.29) is 16.8 Å². The van der Waals surface area contributed by atoms with Gasteiger partial charge < -0.3 is 4.90 Å². The third-order valence-electron chi connectivity index (χ3n) is 4.16. The van der Waals surface area contributed by atoms with Gasteiger partial charge in [0.05, 0.1) is 4.90 Å². The summed E-state index contributed by atoms with van der Waals surface area (Å²) in [6.07, 6.45) is 5.36. The van der Waals surface area contributed by atoms with E-state index >= 15 is 0 Å². The molecule has 1 aromatic rings. The molecule has 0 unspecified atom stereocenters. The van der Waals surface area contributed by atoms with Crippen LogP contribution in [-0.2, 0) is 14.6 Å². The van der Waals surface area contributed by atoms with Gasteiger partial charge in [-0.25, -0.2) is 8.42 Å². The number of carbonyl (C=O) groups excluding carboxylic acids is 1. The van der Waals surface area contributed by atoms with E-state index in [1.54, 1.807) is 4.90 Å². The van der Waals surface area contributed by atoms with Crippen molar-refractivity contribution < 1.29 is 13.2 Å². The summed E-state index contributed by atoms with van der Waals surface area (Å²) in [6, 6.07) is 6.13. The van der Waals surface area contributed by atoms with Crippen molar-refractivity contribution in [2.24, 2.45) is 0 Å². The van der Waals surface area contributed by atoms with Gasteiger partial charge in [-0.1, -0.05) is 30.9 Å².